The fourth-order valence-electron chi connectivity index (χ4n) is 4.49. The quantitative estimate of drug-likeness (QED) is 0.176. The van der Waals surface area contributed by atoms with Crippen molar-refractivity contribution < 1.29 is 33.8 Å². The molecule has 0 heterocycles. The van der Waals surface area contributed by atoms with Crippen molar-refractivity contribution in [3.63, 3.8) is 0 Å². The molecule has 0 aliphatic heterocycles. The summed E-state index contributed by atoms with van der Waals surface area (Å²) >= 11 is 0. The molecule has 1 aliphatic carbocycles. The van der Waals surface area contributed by atoms with Gasteiger partial charge in [-0.1, -0.05) is 60.7 Å². The zero-order valence-electron chi connectivity index (χ0n) is 21.2. The standard InChI is InChI=1S/C28H27N5O7/c29-24(34)14-25(35)32-33-26(36)23(31-27(37)38)13-16-9-11-17(12-10-16)30-28(39)40-15-22-20-7-3-1-5-18(20)19-6-2-4-8-21(19)22/h1-12,22-23,31H,13-15H2,(H2,29,34)(H,30,39)(H,32,35)(H,33,36)(H,37,38). The van der Waals surface area contributed by atoms with Gasteiger partial charge in [-0.15, -0.1) is 0 Å². The average molecular weight is 546 g/mol. The largest absolute Gasteiger partial charge is 0.465 e. The van der Waals surface area contributed by atoms with Gasteiger partial charge in [0.1, 0.15) is 19.1 Å². The van der Waals surface area contributed by atoms with Gasteiger partial charge in [-0.25, -0.2) is 9.59 Å². The molecule has 0 aromatic heterocycles. The molecular weight excluding hydrogens is 518 g/mol. The van der Waals surface area contributed by atoms with Gasteiger partial charge < -0.3 is 20.9 Å². The molecule has 5 amide bonds. The molecule has 1 aliphatic rings. The van der Waals surface area contributed by atoms with Crippen LogP contribution in [0.5, 0.6) is 0 Å². The van der Waals surface area contributed by atoms with E-state index in [-0.39, 0.29) is 18.9 Å². The number of nitrogens with two attached hydrogens (primary N) is 1. The Morgan fingerprint density at radius 2 is 1.45 bits per heavy atom. The molecule has 1 unspecified atom stereocenters. The highest BCUT2D eigenvalue weighted by atomic mass is 16.5. The van der Waals surface area contributed by atoms with E-state index < -0.39 is 42.4 Å². The lowest BCUT2D eigenvalue weighted by Crippen LogP contribution is -2.53. The number of rotatable bonds is 9. The first kappa shape index (κ1) is 27.6. The van der Waals surface area contributed by atoms with E-state index in [9.17, 15) is 24.0 Å². The zero-order chi connectivity index (χ0) is 28.6. The third-order valence-electron chi connectivity index (χ3n) is 6.26. The van der Waals surface area contributed by atoms with Crippen molar-refractivity contribution in [3.05, 3.63) is 89.5 Å². The van der Waals surface area contributed by atoms with Crippen molar-refractivity contribution in [2.24, 2.45) is 5.73 Å². The molecule has 12 nitrogen and oxygen atoms in total. The second-order valence-corrected chi connectivity index (χ2v) is 9.03. The molecule has 4 rings (SSSR count). The number of nitrogens with one attached hydrogen (secondary N) is 4. The Kier molecular flexibility index (Phi) is 8.59. The molecule has 3 aromatic rings. The summed E-state index contributed by atoms with van der Waals surface area (Å²) in [5, 5.41) is 13.8. The van der Waals surface area contributed by atoms with Crippen LogP contribution in [-0.2, 0) is 25.5 Å². The molecule has 7 N–H and O–H groups in total. The number of hydrazine groups is 1. The van der Waals surface area contributed by atoms with Crippen LogP contribution < -0.4 is 27.2 Å². The summed E-state index contributed by atoms with van der Waals surface area (Å²) in [5.74, 6) is -2.66. The second kappa shape index (κ2) is 12.4. The number of carbonyl (C=O) groups is 5. The number of hydrogen-bond donors (Lipinski definition) is 6. The molecule has 0 spiro atoms. The third-order valence-corrected chi connectivity index (χ3v) is 6.26. The van der Waals surface area contributed by atoms with Gasteiger partial charge >= 0.3 is 12.2 Å². The Labute approximate surface area is 228 Å². The minimum atomic E-state index is -1.45. The Morgan fingerprint density at radius 1 is 0.850 bits per heavy atom. The molecule has 0 fully saturated rings. The van der Waals surface area contributed by atoms with Gasteiger partial charge in [0, 0.05) is 18.0 Å². The fraction of sp³-hybridized carbons (Fsp3) is 0.179. The van der Waals surface area contributed by atoms with Gasteiger partial charge in [0.25, 0.3) is 5.91 Å². The Balaban J connectivity index is 1.32. The van der Waals surface area contributed by atoms with Gasteiger partial charge in [0.15, 0.2) is 0 Å². The van der Waals surface area contributed by atoms with Crippen molar-refractivity contribution in [2.75, 3.05) is 11.9 Å². The number of benzene rings is 3. The number of hydrogen-bond acceptors (Lipinski definition) is 6. The minimum absolute atomic E-state index is 0.0605. The summed E-state index contributed by atoms with van der Waals surface area (Å²) in [6, 6.07) is 21.2. The maximum atomic E-state index is 12.5. The van der Waals surface area contributed by atoms with Crippen LogP contribution >= 0.6 is 0 Å². The zero-order valence-corrected chi connectivity index (χ0v) is 21.2. The van der Waals surface area contributed by atoms with E-state index in [2.05, 4.69) is 28.2 Å². The van der Waals surface area contributed by atoms with E-state index in [1.165, 1.54) is 0 Å². The highest BCUT2D eigenvalue weighted by molar-refractivity contribution is 5.97. The molecule has 0 bridgehead atoms. The first-order valence-electron chi connectivity index (χ1n) is 12.3. The number of anilines is 1. The van der Waals surface area contributed by atoms with E-state index in [0.717, 1.165) is 22.3 Å². The van der Waals surface area contributed by atoms with Crippen molar-refractivity contribution in [2.45, 2.75) is 24.8 Å². The van der Waals surface area contributed by atoms with Gasteiger partial charge in [-0.05, 0) is 39.9 Å². The summed E-state index contributed by atoms with van der Waals surface area (Å²) in [4.78, 5) is 58.4. The first-order chi connectivity index (χ1) is 19.2. The molecule has 0 saturated carbocycles. The lowest BCUT2D eigenvalue weighted by atomic mass is 9.98. The fourth-order valence-corrected chi connectivity index (χ4v) is 4.49. The smallest absolute Gasteiger partial charge is 0.411 e. The third kappa shape index (κ3) is 6.92. The predicted molar refractivity (Wildman–Crippen MR) is 144 cm³/mol. The summed E-state index contributed by atoms with van der Waals surface area (Å²) in [5.41, 5.74) is 14.4. The number of fused-ring (bicyclic) bond motifs is 3. The summed E-state index contributed by atoms with van der Waals surface area (Å²) in [7, 11) is 0. The Morgan fingerprint density at radius 3 is 2.02 bits per heavy atom. The monoisotopic (exact) mass is 545 g/mol. The molecule has 40 heavy (non-hydrogen) atoms. The average Bonchev–Trinajstić information content (AvgIpc) is 3.24. The molecule has 0 radical (unpaired) electrons. The van der Waals surface area contributed by atoms with Crippen molar-refractivity contribution in [3.8, 4) is 11.1 Å². The number of carbonyl (C=O) groups excluding carboxylic acids is 4. The highest BCUT2D eigenvalue weighted by Crippen LogP contribution is 2.44. The number of ether oxygens (including phenoxy) is 1. The number of amides is 5. The van der Waals surface area contributed by atoms with Crippen LogP contribution in [0.3, 0.4) is 0 Å². The van der Waals surface area contributed by atoms with E-state index >= 15 is 0 Å². The van der Waals surface area contributed by atoms with E-state index in [1.54, 1.807) is 24.3 Å². The van der Waals surface area contributed by atoms with Crippen LogP contribution in [0.25, 0.3) is 11.1 Å². The maximum Gasteiger partial charge on any atom is 0.411 e. The topological polar surface area (TPSA) is 189 Å². The van der Waals surface area contributed by atoms with Crippen molar-refractivity contribution in [1.29, 1.82) is 0 Å². The van der Waals surface area contributed by atoms with Crippen LogP contribution in [-0.4, -0.2) is 47.7 Å². The lowest BCUT2D eigenvalue weighted by Gasteiger charge is -2.17. The van der Waals surface area contributed by atoms with Crippen molar-refractivity contribution >= 4 is 35.6 Å². The van der Waals surface area contributed by atoms with E-state index in [1.807, 2.05) is 41.8 Å². The Bertz CT molecular complexity index is 1400. The highest BCUT2D eigenvalue weighted by Gasteiger charge is 2.29. The minimum Gasteiger partial charge on any atom is -0.465 e. The molecule has 1 atom stereocenters. The van der Waals surface area contributed by atoms with Crippen LogP contribution in [0.15, 0.2) is 72.8 Å². The molecule has 0 saturated heterocycles. The van der Waals surface area contributed by atoms with Crippen LogP contribution in [0, 0.1) is 0 Å². The molecule has 206 valence electrons. The summed E-state index contributed by atoms with van der Waals surface area (Å²) in [6.45, 7) is 0.158. The normalized spacial score (nSPS) is 12.3. The maximum absolute atomic E-state index is 12.5. The molecule has 3 aromatic carbocycles. The number of primary amides is 1. The van der Waals surface area contributed by atoms with Gasteiger partial charge in [-0.3, -0.25) is 30.6 Å². The lowest BCUT2D eigenvalue weighted by molar-refractivity contribution is -0.132. The summed E-state index contributed by atoms with van der Waals surface area (Å²) in [6.07, 6.45) is -2.78. The van der Waals surface area contributed by atoms with Crippen molar-refractivity contribution in [1.82, 2.24) is 16.2 Å². The Hall–Kier alpha value is -5.39. The number of carboxylic acid groups (broad SMARTS) is 1. The predicted octanol–water partition coefficient (Wildman–Crippen LogP) is 2.25. The van der Waals surface area contributed by atoms with Gasteiger partial charge in [0.2, 0.25) is 11.8 Å². The van der Waals surface area contributed by atoms with E-state index in [0.29, 0.717) is 11.3 Å². The van der Waals surface area contributed by atoms with Crippen LogP contribution in [0.1, 0.15) is 29.0 Å². The molecule has 12 heteroatoms. The first-order valence-corrected chi connectivity index (χ1v) is 12.3. The van der Waals surface area contributed by atoms with E-state index in [4.69, 9.17) is 15.6 Å². The van der Waals surface area contributed by atoms with Crippen LogP contribution in [0.2, 0.25) is 0 Å². The van der Waals surface area contributed by atoms with Gasteiger partial charge in [0.05, 0.1) is 0 Å². The van der Waals surface area contributed by atoms with Crippen LogP contribution in [0.4, 0.5) is 15.3 Å². The summed E-state index contributed by atoms with van der Waals surface area (Å²) < 4.78 is 5.54. The second-order valence-electron chi connectivity index (χ2n) is 9.03. The SMILES string of the molecule is NC(=O)CC(=O)NNC(=O)C(Cc1ccc(NC(=O)OCC2c3ccccc3-c3ccccc32)cc1)NC(=O)O. The van der Waals surface area contributed by atoms with Gasteiger partial charge in [-0.2, -0.15) is 0 Å². The molecular formula is C28H27N5O7.